The Morgan fingerprint density at radius 2 is 1.93 bits per heavy atom. The third-order valence-corrected chi connectivity index (χ3v) is 6.64. The van der Waals surface area contributed by atoms with Gasteiger partial charge in [-0.2, -0.15) is 0 Å². The lowest BCUT2D eigenvalue weighted by Crippen LogP contribution is -2.57. The van der Waals surface area contributed by atoms with Crippen molar-refractivity contribution >= 4 is 33.5 Å². The molecule has 0 unspecified atom stereocenters. The number of hydrogen-bond acceptors (Lipinski definition) is 3. The molecule has 0 radical (unpaired) electrons. The van der Waals surface area contributed by atoms with Gasteiger partial charge in [-0.1, -0.05) is 29.8 Å². The number of carbonyl (C=O) groups is 2. The van der Waals surface area contributed by atoms with Gasteiger partial charge >= 0.3 is 6.03 Å². The first-order valence-electron chi connectivity index (χ1n) is 10.4. The predicted molar refractivity (Wildman–Crippen MR) is 121 cm³/mol. The summed E-state index contributed by atoms with van der Waals surface area (Å²) in [6.07, 6.45) is 0. The van der Waals surface area contributed by atoms with Gasteiger partial charge in [-0.3, -0.25) is 4.79 Å². The highest BCUT2D eigenvalue weighted by atomic mass is 32.1. The Hall–Kier alpha value is -2.80. The zero-order valence-electron chi connectivity index (χ0n) is 17.7. The minimum Gasteiger partial charge on any atom is -0.338 e. The Labute approximate surface area is 181 Å². The maximum atomic E-state index is 13.5. The number of fused-ring (bicyclic) bond motifs is 1. The molecule has 1 saturated heterocycles. The second kappa shape index (κ2) is 8.52. The first-order valence-corrected chi connectivity index (χ1v) is 11.3. The number of benzene rings is 1. The largest absolute Gasteiger partial charge is 0.338 e. The van der Waals surface area contributed by atoms with E-state index in [9.17, 15) is 9.59 Å². The summed E-state index contributed by atoms with van der Waals surface area (Å²) in [5, 5.41) is 6.03. The van der Waals surface area contributed by atoms with Crippen LogP contribution < -0.4 is 5.32 Å². The summed E-state index contributed by atoms with van der Waals surface area (Å²) in [6, 6.07) is 12.5. The van der Waals surface area contributed by atoms with Gasteiger partial charge in [-0.05, 0) is 43.8 Å². The lowest BCUT2D eigenvalue weighted by molar-refractivity contribution is 0.0571. The highest BCUT2D eigenvalue weighted by Gasteiger charge is 2.31. The minimum atomic E-state index is -0.0552. The van der Waals surface area contributed by atoms with E-state index in [2.05, 4.69) is 52.5 Å². The average Bonchev–Trinajstić information content (AvgIpc) is 3.31. The van der Waals surface area contributed by atoms with Gasteiger partial charge in [-0.25, -0.2) is 4.79 Å². The molecule has 3 amide bonds. The van der Waals surface area contributed by atoms with Gasteiger partial charge in [-0.15, -0.1) is 11.3 Å². The van der Waals surface area contributed by atoms with Crippen molar-refractivity contribution in [2.75, 3.05) is 26.2 Å². The molecule has 158 valence electrons. The number of carbonyl (C=O) groups excluding carboxylic acids is 2. The van der Waals surface area contributed by atoms with Crippen molar-refractivity contribution < 1.29 is 9.59 Å². The molecule has 30 heavy (non-hydrogen) atoms. The Kier molecular flexibility index (Phi) is 5.81. The molecule has 7 heteroatoms. The van der Waals surface area contributed by atoms with Crippen molar-refractivity contribution in [3.05, 3.63) is 58.6 Å². The molecule has 0 spiro atoms. The van der Waals surface area contributed by atoms with E-state index in [1.54, 1.807) is 11.3 Å². The van der Waals surface area contributed by atoms with Gasteiger partial charge < -0.3 is 19.7 Å². The van der Waals surface area contributed by atoms with E-state index in [1.807, 2.05) is 29.7 Å². The summed E-state index contributed by atoms with van der Waals surface area (Å²) >= 11 is 1.66. The van der Waals surface area contributed by atoms with Crippen molar-refractivity contribution in [2.45, 2.75) is 33.4 Å². The van der Waals surface area contributed by atoms with Crippen LogP contribution in [-0.4, -0.2) is 58.5 Å². The van der Waals surface area contributed by atoms with E-state index < -0.39 is 0 Å². The van der Waals surface area contributed by atoms with Gasteiger partial charge in [0.05, 0.1) is 0 Å². The Balaban J connectivity index is 1.57. The van der Waals surface area contributed by atoms with Gasteiger partial charge in [0.1, 0.15) is 10.5 Å². The van der Waals surface area contributed by atoms with E-state index in [0.29, 0.717) is 32.7 Å². The van der Waals surface area contributed by atoms with Crippen molar-refractivity contribution in [1.29, 1.82) is 0 Å². The average molecular weight is 425 g/mol. The molecule has 1 aliphatic heterocycles. The molecule has 3 aromatic rings. The van der Waals surface area contributed by atoms with Crippen LogP contribution in [-0.2, 0) is 6.54 Å². The predicted octanol–water partition coefficient (Wildman–Crippen LogP) is 3.94. The molecular formula is C23H28N4O2S. The van der Waals surface area contributed by atoms with Crippen LogP contribution in [0.3, 0.4) is 0 Å². The number of rotatable bonds is 4. The normalized spacial score (nSPS) is 16.8. The van der Waals surface area contributed by atoms with Gasteiger partial charge in [0.2, 0.25) is 0 Å². The van der Waals surface area contributed by atoms with E-state index in [4.69, 9.17) is 0 Å². The summed E-state index contributed by atoms with van der Waals surface area (Å²) in [7, 11) is 0. The van der Waals surface area contributed by atoms with Crippen LogP contribution >= 0.6 is 11.3 Å². The topological polar surface area (TPSA) is 57.6 Å². The third kappa shape index (κ3) is 3.94. The summed E-state index contributed by atoms with van der Waals surface area (Å²) in [6.45, 7) is 8.89. The number of piperazine rings is 1. The molecule has 6 nitrogen and oxygen atoms in total. The number of urea groups is 1. The number of nitrogens with zero attached hydrogens (tertiary/aromatic N) is 3. The van der Waals surface area contributed by atoms with Crippen molar-refractivity contribution in [2.24, 2.45) is 0 Å². The van der Waals surface area contributed by atoms with Crippen LogP contribution in [0.4, 0.5) is 4.79 Å². The number of thiophene rings is 1. The summed E-state index contributed by atoms with van der Waals surface area (Å²) in [5.41, 5.74) is 3.12. The maximum absolute atomic E-state index is 13.5. The van der Waals surface area contributed by atoms with Crippen LogP contribution in [0.25, 0.3) is 10.2 Å². The molecular weight excluding hydrogens is 396 g/mol. The Morgan fingerprint density at radius 1 is 1.17 bits per heavy atom. The zero-order valence-corrected chi connectivity index (χ0v) is 18.5. The highest BCUT2D eigenvalue weighted by Crippen LogP contribution is 2.28. The molecule has 4 rings (SSSR count). The van der Waals surface area contributed by atoms with Crippen LogP contribution in [0, 0.1) is 6.92 Å². The van der Waals surface area contributed by atoms with Crippen LogP contribution in [0.5, 0.6) is 0 Å². The van der Waals surface area contributed by atoms with Crippen LogP contribution in [0.2, 0.25) is 0 Å². The quantitative estimate of drug-likeness (QED) is 0.690. The highest BCUT2D eigenvalue weighted by molar-refractivity contribution is 7.16. The number of hydrogen-bond donors (Lipinski definition) is 1. The lowest BCUT2D eigenvalue weighted by atomic mass is 10.1. The summed E-state index contributed by atoms with van der Waals surface area (Å²) in [4.78, 5) is 30.5. The van der Waals surface area contributed by atoms with E-state index in [0.717, 1.165) is 15.9 Å². The molecule has 0 bridgehead atoms. The molecule has 1 N–H and O–H groups in total. The third-order valence-electron chi connectivity index (χ3n) is 5.69. The Bertz CT molecular complexity index is 1050. The van der Waals surface area contributed by atoms with E-state index in [-0.39, 0.29) is 18.0 Å². The van der Waals surface area contributed by atoms with E-state index >= 15 is 0 Å². The SMILES string of the molecule is CCNC(=O)N1CCN(C(=O)c2cc3ccsc3n2Cc2ccc(C)cc2)C[C@H]1C. The van der Waals surface area contributed by atoms with Gasteiger partial charge in [0.15, 0.2) is 0 Å². The number of aromatic nitrogens is 1. The second-order valence-electron chi connectivity index (χ2n) is 7.91. The van der Waals surface area contributed by atoms with Crippen LogP contribution in [0.15, 0.2) is 41.8 Å². The standard InChI is InChI=1S/C23H28N4O2S/c1-4-24-23(29)26-11-10-25(14-17(26)3)21(28)20-13-19-9-12-30-22(19)27(20)15-18-7-5-16(2)6-8-18/h5-9,12-13,17H,4,10-11,14-15H2,1-3H3,(H,24,29)/t17-/m1/s1. The number of amides is 3. The fraction of sp³-hybridized carbons (Fsp3) is 0.391. The lowest BCUT2D eigenvalue weighted by Gasteiger charge is -2.39. The molecule has 0 saturated carbocycles. The fourth-order valence-electron chi connectivity index (χ4n) is 4.04. The number of nitrogens with one attached hydrogen (secondary N) is 1. The van der Waals surface area contributed by atoms with Crippen LogP contribution in [0.1, 0.15) is 35.5 Å². The van der Waals surface area contributed by atoms with Crippen molar-refractivity contribution in [3.63, 3.8) is 0 Å². The monoisotopic (exact) mass is 424 g/mol. The summed E-state index contributed by atoms with van der Waals surface area (Å²) in [5.74, 6) is 0.0351. The van der Waals surface area contributed by atoms with E-state index in [1.165, 1.54) is 11.1 Å². The second-order valence-corrected chi connectivity index (χ2v) is 8.81. The molecule has 1 fully saturated rings. The first kappa shape index (κ1) is 20.5. The molecule has 3 heterocycles. The molecule has 2 aromatic heterocycles. The van der Waals surface area contributed by atoms with Gasteiger partial charge in [0.25, 0.3) is 5.91 Å². The van der Waals surface area contributed by atoms with Crippen molar-refractivity contribution in [1.82, 2.24) is 19.7 Å². The van der Waals surface area contributed by atoms with Crippen molar-refractivity contribution in [3.8, 4) is 0 Å². The minimum absolute atomic E-state index is 0.0177. The summed E-state index contributed by atoms with van der Waals surface area (Å²) < 4.78 is 2.13. The molecule has 1 aromatic carbocycles. The smallest absolute Gasteiger partial charge is 0.317 e. The number of aryl methyl sites for hydroxylation is 1. The molecule has 1 atom stereocenters. The Morgan fingerprint density at radius 3 is 2.63 bits per heavy atom. The first-order chi connectivity index (χ1) is 14.5. The molecule has 1 aliphatic rings. The molecule has 0 aliphatic carbocycles. The van der Waals surface area contributed by atoms with Gasteiger partial charge in [0, 0.05) is 44.2 Å². The maximum Gasteiger partial charge on any atom is 0.317 e. The zero-order chi connectivity index (χ0) is 21.3. The fourth-order valence-corrected chi connectivity index (χ4v) is 4.94.